The highest BCUT2D eigenvalue weighted by molar-refractivity contribution is 5.33. The highest BCUT2D eigenvalue weighted by Gasteiger charge is 2.13. The van der Waals surface area contributed by atoms with Crippen molar-refractivity contribution in [2.45, 2.75) is 26.1 Å². The Labute approximate surface area is 143 Å². The van der Waals surface area contributed by atoms with E-state index in [2.05, 4.69) is 72.9 Å². The predicted octanol–water partition coefficient (Wildman–Crippen LogP) is 4.37. The van der Waals surface area contributed by atoms with Crippen LogP contribution in [-0.2, 0) is 13.2 Å². The van der Waals surface area contributed by atoms with Crippen LogP contribution in [0.15, 0.2) is 78.9 Å². The van der Waals surface area contributed by atoms with Crippen molar-refractivity contribution in [2.24, 2.45) is 0 Å². The molecule has 0 bridgehead atoms. The van der Waals surface area contributed by atoms with Gasteiger partial charge in [0.15, 0.2) is 0 Å². The summed E-state index contributed by atoms with van der Waals surface area (Å²) in [5.41, 5.74) is 5.94. The largest absolute Gasteiger partial charge is 0.392 e. The Balaban J connectivity index is 1.80. The lowest BCUT2D eigenvalue weighted by Crippen LogP contribution is -2.22. The molecule has 0 heterocycles. The summed E-state index contributed by atoms with van der Waals surface area (Å²) in [6.45, 7) is 2.97. The van der Waals surface area contributed by atoms with Gasteiger partial charge in [-0.05, 0) is 29.2 Å². The fraction of sp³-hybridized carbons (Fsp3) is 0.182. The molecule has 0 radical (unpaired) electrons. The predicted molar refractivity (Wildman–Crippen MR) is 98.7 cm³/mol. The van der Waals surface area contributed by atoms with Crippen LogP contribution in [0, 0.1) is 6.92 Å². The Morgan fingerprint density at radius 2 is 1.33 bits per heavy atom. The summed E-state index contributed by atoms with van der Waals surface area (Å²) in [5.74, 6) is 0. The molecule has 122 valence electrons. The van der Waals surface area contributed by atoms with Gasteiger partial charge in [0.25, 0.3) is 0 Å². The number of nitrogens with one attached hydrogen (secondary N) is 1. The summed E-state index contributed by atoms with van der Waals surface area (Å²) < 4.78 is 0. The molecule has 0 aliphatic rings. The first-order valence-electron chi connectivity index (χ1n) is 8.30. The minimum absolute atomic E-state index is 0.0870. The lowest BCUT2D eigenvalue weighted by atomic mass is 9.97. The topological polar surface area (TPSA) is 32.3 Å². The second-order valence-corrected chi connectivity index (χ2v) is 6.11. The van der Waals surface area contributed by atoms with E-state index in [1.807, 2.05) is 18.2 Å². The van der Waals surface area contributed by atoms with Crippen LogP contribution in [0.1, 0.15) is 33.9 Å². The third kappa shape index (κ3) is 4.10. The number of hydrogen-bond donors (Lipinski definition) is 2. The van der Waals surface area contributed by atoms with Crippen LogP contribution in [0.5, 0.6) is 0 Å². The molecule has 3 rings (SSSR count). The second kappa shape index (κ2) is 7.91. The van der Waals surface area contributed by atoms with Crippen molar-refractivity contribution in [3.63, 3.8) is 0 Å². The van der Waals surface area contributed by atoms with Gasteiger partial charge in [0.1, 0.15) is 0 Å². The lowest BCUT2D eigenvalue weighted by molar-refractivity contribution is 0.282. The minimum atomic E-state index is 0.0870. The summed E-state index contributed by atoms with van der Waals surface area (Å²) in [5, 5.41) is 12.8. The van der Waals surface area contributed by atoms with Crippen LogP contribution < -0.4 is 5.32 Å². The molecule has 0 aliphatic heterocycles. The van der Waals surface area contributed by atoms with Gasteiger partial charge in [-0.15, -0.1) is 0 Å². The molecule has 24 heavy (non-hydrogen) atoms. The molecule has 0 spiro atoms. The van der Waals surface area contributed by atoms with E-state index >= 15 is 0 Å². The number of hydrogen-bond acceptors (Lipinski definition) is 2. The first-order valence-corrected chi connectivity index (χ1v) is 8.30. The zero-order valence-corrected chi connectivity index (χ0v) is 13.9. The van der Waals surface area contributed by atoms with E-state index in [-0.39, 0.29) is 12.6 Å². The second-order valence-electron chi connectivity index (χ2n) is 6.11. The highest BCUT2D eigenvalue weighted by atomic mass is 16.3. The summed E-state index contributed by atoms with van der Waals surface area (Å²) in [6, 6.07) is 27.4. The maximum atomic E-state index is 9.15. The highest BCUT2D eigenvalue weighted by Crippen LogP contribution is 2.23. The zero-order valence-electron chi connectivity index (χ0n) is 13.9. The van der Waals surface area contributed by atoms with Crippen molar-refractivity contribution in [1.82, 2.24) is 5.32 Å². The van der Waals surface area contributed by atoms with Crippen molar-refractivity contribution in [2.75, 3.05) is 0 Å². The fourth-order valence-corrected chi connectivity index (χ4v) is 2.81. The van der Waals surface area contributed by atoms with Gasteiger partial charge in [0.2, 0.25) is 0 Å². The van der Waals surface area contributed by atoms with Gasteiger partial charge in [-0.2, -0.15) is 0 Å². The number of aliphatic hydroxyl groups excluding tert-OH is 1. The summed E-state index contributed by atoms with van der Waals surface area (Å²) in [6.07, 6.45) is 0. The molecule has 0 fully saturated rings. The smallest absolute Gasteiger partial charge is 0.0681 e. The molecule has 3 aromatic carbocycles. The lowest BCUT2D eigenvalue weighted by Gasteiger charge is -2.20. The van der Waals surface area contributed by atoms with E-state index < -0.39 is 0 Å². The molecule has 2 N–H and O–H groups in total. The van der Waals surface area contributed by atoms with Crippen LogP contribution in [0.25, 0.3) is 0 Å². The first kappa shape index (κ1) is 16.4. The van der Waals surface area contributed by atoms with Crippen molar-refractivity contribution in [3.05, 3.63) is 107 Å². The molecule has 0 aliphatic carbocycles. The maximum absolute atomic E-state index is 9.15. The third-order valence-electron chi connectivity index (χ3n) is 4.26. The molecule has 1 unspecified atom stereocenters. The molecule has 0 amide bonds. The molecule has 0 aromatic heterocycles. The molecule has 2 heteroatoms. The van der Waals surface area contributed by atoms with Gasteiger partial charge in [-0.3, -0.25) is 0 Å². The molecular formula is C22H23NO. The Kier molecular flexibility index (Phi) is 5.42. The quantitative estimate of drug-likeness (QED) is 0.708. The standard InChI is InChI=1S/C22H23NO/c1-17-7-13-21(14-8-17)22(20-5-3-2-4-6-20)23-15-18-9-11-19(16-24)12-10-18/h2-14,22-24H,15-16H2,1H3. The summed E-state index contributed by atoms with van der Waals surface area (Å²) in [7, 11) is 0. The van der Waals surface area contributed by atoms with Gasteiger partial charge >= 0.3 is 0 Å². The SMILES string of the molecule is Cc1ccc(C(NCc2ccc(CO)cc2)c2ccccc2)cc1. The van der Waals surface area contributed by atoms with Gasteiger partial charge < -0.3 is 10.4 Å². The summed E-state index contributed by atoms with van der Waals surface area (Å²) >= 11 is 0. The van der Waals surface area contributed by atoms with E-state index in [1.54, 1.807) is 0 Å². The third-order valence-corrected chi connectivity index (χ3v) is 4.26. The average Bonchev–Trinajstić information content (AvgIpc) is 2.65. The van der Waals surface area contributed by atoms with Crippen LogP contribution in [-0.4, -0.2) is 5.11 Å². The molecule has 3 aromatic rings. The number of benzene rings is 3. The first-order chi connectivity index (χ1) is 11.8. The van der Waals surface area contributed by atoms with Crippen LogP contribution in [0.4, 0.5) is 0 Å². The fourth-order valence-electron chi connectivity index (χ4n) is 2.81. The van der Waals surface area contributed by atoms with Crippen LogP contribution >= 0.6 is 0 Å². The van der Waals surface area contributed by atoms with Crippen LogP contribution in [0.3, 0.4) is 0 Å². The number of aliphatic hydroxyl groups is 1. The van der Waals surface area contributed by atoms with Crippen molar-refractivity contribution in [3.8, 4) is 0 Å². The monoisotopic (exact) mass is 317 g/mol. The molecule has 0 saturated carbocycles. The average molecular weight is 317 g/mol. The van der Waals surface area contributed by atoms with Gasteiger partial charge in [0, 0.05) is 6.54 Å². The summed E-state index contributed by atoms with van der Waals surface area (Å²) in [4.78, 5) is 0. The van der Waals surface area contributed by atoms with Crippen molar-refractivity contribution >= 4 is 0 Å². The Morgan fingerprint density at radius 3 is 1.96 bits per heavy atom. The van der Waals surface area contributed by atoms with E-state index in [4.69, 9.17) is 5.11 Å². The number of rotatable bonds is 6. The van der Waals surface area contributed by atoms with Crippen LogP contribution in [0.2, 0.25) is 0 Å². The molecule has 2 nitrogen and oxygen atoms in total. The van der Waals surface area contributed by atoms with Crippen molar-refractivity contribution in [1.29, 1.82) is 0 Å². The van der Waals surface area contributed by atoms with Gasteiger partial charge in [0.05, 0.1) is 12.6 Å². The van der Waals surface area contributed by atoms with E-state index in [9.17, 15) is 0 Å². The zero-order chi connectivity index (χ0) is 16.8. The van der Waals surface area contributed by atoms with Gasteiger partial charge in [-0.25, -0.2) is 0 Å². The van der Waals surface area contributed by atoms with E-state index in [0.29, 0.717) is 0 Å². The number of aryl methyl sites for hydroxylation is 1. The Bertz CT molecular complexity index is 748. The van der Waals surface area contributed by atoms with E-state index in [0.717, 1.165) is 12.1 Å². The molecule has 1 atom stereocenters. The minimum Gasteiger partial charge on any atom is -0.392 e. The maximum Gasteiger partial charge on any atom is 0.0681 e. The normalized spacial score (nSPS) is 12.1. The molecular weight excluding hydrogens is 294 g/mol. The van der Waals surface area contributed by atoms with Gasteiger partial charge in [-0.1, -0.05) is 84.4 Å². The van der Waals surface area contributed by atoms with E-state index in [1.165, 1.54) is 22.3 Å². The Morgan fingerprint density at radius 1 is 0.750 bits per heavy atom. The Hall–Kier alpha value is -2.42. The molecule has 0 saturated heterocycles. The van der Waals surface area contributed by atoms with Crippen molar-refractivity contribution < 1.29 is 5.11 Å².